The molecule has 2 aliphatic heterocycles. The SMILES string of the molecule is O=C(c1ccsc1)N1CCC(Oc2cc(N3CCCC3)ncn2)C1. The standard InChI is InChI=1S/C17H20N4O2S/c22-17(13-4-8-24-11-13)21-7-3-14(10-21)23-16-9-15(18-12-19-16)20-5-1-2-6-20/h4,8-9,11-12,14H,1-3,5-7,10H2. The van der Waals surface area contributed by atoms with Crippen molar-refractivity contribution in [3.05, 3.63) is 34.8 Å². The molecule has 7 heteroatoms. The minimum absolute atomic E-state index is 0.00564. The predicted molar refractivity (Wildman–Crippen MR) is 92.7 cm³/mol. The van der Waals surface area contributed by atoms with Crippen molar-refractivity contribution >= 4 is 23.1 Å². The minimum atomic E-state index is -0.00564. The predicted octanol–water partition coefficient (Wildman–Crippen LogP) is 2.43. The number of ether oxygens (including phenoxy) is 1. The second-order valence-electron chi connectivity index (χ2n) is 6.20. The summed E-state index contributed by atoms with van der Waals surface area (Å²) in [5.41, 5.74) is 0.763. The van der Waals surface area contributed by atoms with Crippen LogP contribution in [0.2, 0.25) is 0 Å². The number of rotatable bonds is 4. The van der Waals surface area contributed by atoms with Gasteiger partial charge in [-0.3, -0.25) is 4.79 Å². The number of anilines is 1. The van der Waals surface area contributed by atoms with Crippen molar-refractivity contribution in [3.63, 3.8) is 0 Å². The summed E-state index contributed by atoms with van der Waals surface area (Å²) in [6.45, 7) is 3.42. The molecule has 0 aliphatic carbocycles. The molecule has 2 aromatic heterocycles. The highest BCUT2D eigenvalue weighted by Crippen LogP contribution is 2.23. The fraction of sp³-hybridized carbons (Fsp3) is 0.471. The van der Waals surface area contributed by atoms with Crippen LogP contribution < -0.4 is 9.64 Å². The molecular formula is C17H20N4O2S. The number of amides is 1. The molecule has 0 bridgehead atoms. The number of nitrogens with zero attached hydrogens (tertiary/aromatic N) is 4. The van der Waals surface area contributed by atoms with Crippen molar-refractivity contribution in [3.8, 4) is 5.88 Å². The molecule has 1 amide bonds. The summed E-state index contributed by atoms with van der Waals surface area (Å²) in [5, 5.41) is 3.82. The quantitative estimate of drug-likeness (QED) is 0.853. The van der Waals surface area contributed by atoms with Gasteiger partial charge in [0.25, 0.3) is 5.91 Å². The maximum atomic E-state index is 12.4. The van der Waals surface area contributed by atoms with E-state index in [0.717, 1.165) is 37.4 Å². The van der Waals surface area contributed by atoms with E-state index in [9.17, 15) is 4.79 Å². The molecule has 6 nitrogen and oxygen atoms in total. The number of likely N-dealkylation sites (tertiary alicyclic amines) is 1. The minimum Gasteiger partial charge on any atom is -0.472 e. The van der Waals surface area contributed by atoms with Crippen LogP contribution in [0.5, 0.6) is 5.88 Å². The number of carbonyl (C=O) groups is 1. The first kappa shape index (κ1) is 15.4. The van der Waals surface area contributed by atoms with Crippen LogP contribution in [-0.2, 0) is 0 Å². The molecule has 24 heavy (non-hydrogen) atoms. The summed E-state index contributed by atoms with van der Waals surface area (Å²) in [6, 6.07) is 3.78. The van der Waals surface area contributed by atoms with Crippen LogP contribution in [-0.4, -0.2) is 53.1 Å². The fourth-order valence-electron chi connectivity index (χ4n) is 3.26. The average molecular weight is 344 g/mol. The lowest BCUT2D eigenvalue weighted by Crippen LogP contribution is -2.30. The van der Waals surface area contributed by atoms with Gasteiger partial charge in [0.05, 0.1) is 12.1 Å². The van der Waals surface area contributed by atoms with Crippen molar-refractivity contribution in [2.24, 2.45) is 0 Å². The van der Waals surface area contributed by atoms with E-state index in [1.807, 2.05) is 27.8 Å². The average Bonchev–Trinajstić information content (AvgIpc) is 3.36. The first-order valence-electron chi connectivity index (χ1n) is 8.35. The van der Waals surface area contributed by atoms with Crippen molar-refractivity contribution in [1.29, 1.82) is 0 Å². The Labute approximate surface area is 145 Å². The first-order chi connectivity index (χ1) is 11.8. The highest BCUT2D eigenvalue weighted by atomic mass is 32.1. The largest absolute Gasteiger partial charge is 0.472 e. The highest BCUT2D eigenvalue weighted by molar-refractivity contribution is 7.08. The summed E-state index contributed by atoms with van der Waals surface area (Å²) < 4.78 is 6.00. The summed E-state index contributed by atoms with van der Waals surface area (Å²) >= 11 is 1.54. The van der Waals surface area contributed by atoms with Crippen LogP contribution in [0.3, 0.4) is 0 Å². The summed E-state index contributed by atoms with van der Waals surface area (Å²) in [6.07, 6.45) is 4.81. The van der Waals surface area contributed by atoms with Crippen molar-refractivity contribution < 1.29 is 9.53 Å². The van der Waals surface area contributed by atoms with Crippen LogP contribution in [0.1, 0.15) is 29.6 Å². The molecule has 0 saturated carbocycles. The van der Waals surface area contributed by atoms with Crippen molar-refractivity contribution in [1.82, 2.24) is 14.9 Å². The third-order valence-corrected chi connectivity index (χ3v) is 5.23. The van der Waals surface area contributed by atoms with Gasteiger partial charge >= 0.3 is 0 Å². The molecule has 2 aromatic rings. The van der Waals surface area contributed by atoms with E-state index in [-0.39, 0.29) is 12.0 Å². The van der Waals surface area contributed by atoms with E-state index in [4.69, 9.17) is 4.74 Å². The van der Waals surface area contributed by atoms with Crippen LogP contribution in [0.15, 0.2) is 29.2 Å². The molecule has 2 saturated heterocycles. The molecule has 0 N–H and O–H groups in total. The number of hydrogen-bond donors (Lipinski definition) is 0. The second kappa shape index (κ2) is 6.76. The summed E-state index contributed by atoms with van der Waals surface area (Å²) in [4.78, 5) is 25.1. The van der Waals surface area contributed by atoms with E-state index in [1.54, 1.807) is 17.7 Å². The zero-order valence-corrected chi connectivity index (χ0v) is 14.2. The first-order valence-corrected chi connectivity index (χ1v) is 9.29. The van der Waals surface area contributed by atoms with Gasteiger partial charge < -0.3 is 14.5 Å². The molecular weight excluding hydrogens is 324 g/mol. The molecule has 0 spiro atoms. The monoisotopic (exact) mass is 344 g/mol. The molecule has 1 unspecified atom stereocenters. The number of carbonyl (C=O) groups excluding carboxylic acids is 1. The van der Waals surface area contributed by atoms with Crippen molar-refractivity contribution in [2.75, 3.05) is 31.1 Å². The van der Waals surface area contributed by atoms with Gasteiger partial charge in [0.15, 0.2) is 0 Å². The second-order valence-corrected chi connectivity index (χ2v) is 6.98. The van der Waals surface area contributed by atoms with Crippen LogP contribution in [0.25, 0.3) is 0 Å². The zero-order chi connectivity index (χ0) is 16.4. The van der Waals surface area contributed by atoms with Gasteiger partial charge in [-0.1, -0.05) is 0 Å². The lowest BCUT2D eigenvalue weighted by Gasteiger charge is -2.18. The third-order valence-electron chi connectivity index (χ3n) is 4.55. The van der Waals surface area contributed by atoms with Crippen molar-refractivity contribution in [2.45, 2.75) is 25.4 Å². The van der Waals surface area contributed by atoms with Crippen LogP contribution >= 0.6 is 11.3 Å². The Kier molecular flexibility index (Phi) is 4.34. The maximum absolute atomic E-state index is 12.4. The summed E-state index contributed by atoms with van der Waals surface area (Å²) in [7, 11) is 0. The van der Waals surface area contributed by atoms with Crippen LogP contribution in [0.4, 0.5) is 5.82 Å². The van der Waals surface area contributed by atoms with E-state index in [1.165, 1.54) is 12.8 Å². The molecule has 2 fully saturated rings. The van der Waals surface area contributed by atoms with Gasteiger partial charge in [-0.05, 0) is 24.3 Å². The van der Waals surface area contributed by atoms with Gasteiger partial charge in [-0.2, -0.15) is 11.3 Å². The Hall–Kier alpha value is -2.15. The van der Waals surface area contributed by atoms with E-state index in [2.05, 4.69) is 14.9 Å². The lowest BCUT2D eigenvalue weighted by molar-refractivity contribution is 0.0771. The maximum Gasteiger partial charge on any atom is 0.254 e. The molecule has 0 aromatic carbocycles. The van der Waals surface area contributed by atoms with E-state index in [0.29, 0.717) is 12.4 Å². The Balaban J connectivity index is 1.38. The van der Waals surface area contributed by atoms with Gasteiger partial charge in [-0.25, -0.2) is 9.97 Å². The zero-order valence-electron chi connectivity index (χ0n) is 13.4. The number of aromatic nitrogens is 2. The molecule has 4 heterocycles. The Bertz CT molecular complexity index is 700. The fourth-order valence-corrected chi connectivity index (χ4v) is 3.89. The smallest absolute Gasteiger partial charge is 0.254 e. The van der Waals surface area contributed by atoms with E-state index >= 15 is 0 Å². The Morgan fingerprint density at radius 1 is 1.25 bits per heavy atom. The van der Waals surface area contributed by atoms with E-state index < -0.39 is 0 Å². The molecule has 4 rings (SSSR count). The lowest BCUT2D eigenvalue weighted by atomic mass is 10.3. The topological polar surface area (TPSA) is 58.6 Å². The molecule has 1 atom stereocenters. The van der Waals surface area contributed by atoms with Gasteiger partial charge in [-0.15, -0.1) is 0 Å². The van der Waals surface area contributed by atoms with Crippen LogP contribution in [0, 0.1) is 0 Å². The highest BCUT2D eigenvalue weighted by Gasteiger charge is 2.29. The molecule has 2 aliphatic rings. The Morgan fingerprint density at radius 3 is 2.92 bits per heavy atom. The summed E-state index contributed by atoms with van der Waals surface area (Å²) in [5.74, 6) is 1.62. The number of thiophene rings is 1. The Morgan fingerprint density at radius 2 is 2.12 bits per heavy atom. The van der Waals surface area contributed by atoms with Gasteiger partial charge in [0.2, 0.25) is 5.88 Å². The third kappa shape index (κ3) is 3.21. The molecule has 126 valence electrons. The number of hydrogen-bond acceptors (Lipinski definition) is 6. The van der Waals surface area contributed by atoms with Gasteiger partial charge in [0, 0.05) is 37.5 Å². The van der Waals surface area contributed by atoms with Gasteiger partial charge in [0.1, 0.15) is 18.2 Å². The molecule has 0 radical (unpaired) electrons. The normalized spacial score (nSPS) is 20.6.